The number of aromatic amines is 1. The number of aliphatic hydroxyl groups excluding tert-OH is 1. The molecule has 4 rings (SSSR count). The first-order valence-corrected chi connectivity index (χ1v) is 9.10. The van der Waals surface area contributed by atoms with E-state index in [1.807, 2.05) is 42.6 Å². The Morgan fingerprint density at radius 3 is 3.04 bits per heavy atom. The van der Waals surface area contributed by atoms with Gasteiger partial charge in [0.1, 0.15) is 24.2 Å². The minimum atomic E-state index is -0.564. The summed E-state index contributed by atoms with van der Waals surface area (Å²) in [5.41, 5.74) is 3.53. The Balaban J connectivity index is 1.27. The third-order valence-corrected chi connectivity index (χ3v) is 5.05. The summed E-state index contributed by atoms with van der Waals surface area (Å²) in [7, 11) is 0. The third-order valence-electron chi connectivity index (χ3n) is 5.05. The van der Waals surface area contributed by atoms with Crippen molar-refractivity contribution in [1.29, 1.82) is 0 Å². The maximum atomic E-state index is 10.3. The van der Waals surface area contributed by atoms with Gasteiger partial charge in [-0.15, -0.1) is 0 Å². The van der Waals surface area contributed by atoms with Crippen molar-refractivity contribution in [1.82, 2.24) is 10.3 Å². The predicted octanol–water partition coefficient (Wildman–Crippen LogP) is 2.76. The third kappa shape index (κ3) is 3.69. The molecule has 0 radical (unpaired) electrons. The molecule has 1 aliphatic carbocycles. The molecule has 1 aliphatic rings. The molecule has 0 fully saturated rings. The molecule has 5 heteroatoms. The number of hydrogen-bond donors (Lipinski definition) is 4. The fourth-order valence-corrected chi connectivity index (χ4v) is 3.65. The zero-order valence-corrected chi connectivity index (χ0v) is 14.6. The highest BCUT2D eigenvalue weighted by Gasteiger charge is 2.19. The molecule has 2 aromatic carbocycles. The summed E-state index contributed by atoms with van der Waals surface area (Å²) in [6.45, 7) is 0.760. The highest BCUT2D eigenvalue weighted by atomic mass is 16.5. The monoisotopic (exact) mass is 352 g/mol. The highest BCUT2D eigenvalue weighted by molar-refractivity contribution is 5.85. The van der Waals surface area contributed by atoms with E-state index in [1.165, 1.54) is 11.1 Å². The summed E-state index contributed by atoms with van der Waals surface area (Å²) < 4.78 is 5.81. The lowest BCUT2D eigenvalue weighted by Gasteiger charge is -2.26. The lowest BCUT2D eigenvalue weighted by atomic mass is 9.88. The average Bonchev–Trinajstić information content (AvgIpc) is 3.14. The molecule has 0 bridgehead atoms. The molecule has 136 valence electrons. The summed E-state index contributed by atoms with van der Waals surface area (Å²) in [5.74, 6) is 1.12. The SMILES string of the molecule is Oc1ccc2c(c1)CCC(NCC(O)COc1cccc3[nH]ccc13)C2. The van der Waals surface area contributed by atoms with E-state index in [0.717, 1.165) is 35.9 Å². The summed E-state index contributed by atoms with van der Waals surface area (Å²) in [5, 5.41) is 24.3. The van der Waals surface area contributed by atoms with Gasteiger partial charge in [0.2, 0.25) is 0 Å². The Morgan fingerprint density at radius 2 is 2.12 bits per heavy atom. The fourth-order valence-electron chi connectivity index (χ4n) is 3.65. The zero-order valence-electron chi connectivity index (χ0n) is 14.6. The number of H-pyrrole nitrogens is 1. The van der Waals surface area contributed by atoms with E-state index in [9.17, 15) is 10.2 Å². The molecule has 0 spiro atoms. The van der Waals surface area contributed by atoms with Gasteiger partial charge in [-0.2, -0.15) is 0 Å². The molecular formula is C21H24N2O3. The number of aryl methyl sites for hydroxylation is 1. The number of aromatic hydroxyl groups is 1. The number of aliphatic hydroxyl groups is 1. The van der Waals surface area contributed by atoms with Crippen molar-refractivity contribution >= 4 is 10.9 Å². The Labute approximate surface area is 152 Å². The number of phenolic OH excluding ortho intramolecular Hbond substituents is 1. The quantitative estimate of drug-likeness (QED) is 0.550. The van der Waals surface area contributed by atoms with Crippen molar-refractivity contribution in [2.45, 2.75) is 31.4 Å². The first-order valence-electron chi connectivity index (χ1n) is 9.10. The van der Waals surface area contributed by atoms with Crippen LogP contribution in [0.4, 0.5) is 0 Å². The van der Waals surface area contributed by atoms with E-state index >= 15 is 0 Å². The number of benzene rings is 2. The topological polar surface area (TPSA) is 77.5 Å². The van der Waals surface area contributed by atoms with Crippen LogP contribution in [0.3, 0.4) is 0 Å². The van der Waals surface area contributed by atoms with Crippen LogP contribution < -0.4 is 10.1 Å². The molecule has 5 nitrogen and oxygen atoms in total. The predicted molar refractivity (Wildman–Crippen MR) is 102 cm³/mol. The lowest BCUT2D eigenvalue weighted by Crippen LogP contribution is -2.40. The van der Waals surface area contributed by atoms with E-state index in [4.69, 9.17) is 4.74 Å². The maximum Gasteiger partial charge on any atom is 0.128 e. The summed E-state index contributed by atoms with van der Waals surface area (Å²) >= 11 is 0. The molecule has 26 heavy (non-hydrogen) atoms. The van der Waals surface area contributed by atoms with Crippen LogP contribution in [0.15, 0.2) is 48.7 Å². The summed E-state index contributed by atoms with van der Waals surface area (Å²) in [6.07, 6.45) is 4.20. The standard InChI is InChI=1S/C21H24N2O3/c24-17-7-5-14-10-16(6-4-15(14)11-17)23-12-18(25)13-26-21-3-1-2-20-19(21)8-9-22-20/h1-3,5,7-9,11,16,18,22-25H,4,6,10,12-13H2. The molecule has 2 unspecified atom stereocenters. The van der Waals surface area contributed by atoms with Gasteiger partial charge in [0.25, 0.3) is 0 Å². The smallest absolute Gasteiger partial charge is 0.128 e. The van der Waals surface area contributed by atoms with Crippen LogP contribution >= 0.6 is 0 Å². The maximum absolute atomic E-state index is 10.3. The molecule has 1 aromatic heterocycles. The second-order valence-electron chi connectivity index (χ2n) is 6.96. The van der Waals surface area contributed by atoms with E-state index in [0.29, 0.717) is 18.3 Å². The van der Waals surface area contributed by atoms with Crippen molar-refractivity contribution in [2.24, 2.45) is 0 Å². The number of ether oxygens (including phenoxy) is 1. The van der Waals surface area contributed by atoms with Gasteiger partial charge in [0.05, 0.1) is 0 Å². The number of rotatable bonds is 6. The van der Waals surface area contributed by atoms with Gasteiger partial charge in [0, 0.05) is 29.7 Å². The van der Waals surface area contributed by atoms with Gasteiger partial charge in [-0.05, 0) is 60.7 Å². The van der Waals surface area contributed by atoms with Crippen molar-refractivity contribution in [3.05, 3.63) is 59.8 Å². The number of hydrogen-bond acceptors (Lipinski definition) is 4. The van der Waals surface area contributed by atoms with E-state index in [-0.39, 0.29) is 6.61 Å². The Bertz CT molecular complexity index is 890. The zero-order chi connectivity index (χ0) is 17.9. The normalized spacial score (nSPS) is 17.8. The molecule has 0 saturated carbocycles. The summed E-state index contributed by atoms with van der Waals surface area (Å²) in [6, 6.07) is 13.8. The molecule has 0 amide bonds. The van der Waals surface area contributed by atoms with Gasteiger partial charge in [-0.25, -0.2) is 0 Å². The van der Waals surface area contributed by atoms with Crippen molar-refractivity contribution in [3.8, 4) is 11.5 Å². The van der Waals surface area contributed by atoms with Crippen LogP contribution in [0.5, 0.6) is 11.5 Å². The lowest BCUT2D eigenvalue weighted by molar-refractivity contribution is 0.104. The molecule has 4 N–H and O–H groups in total. The van der Waals surface area contributed by atoms with Crippen LogP contribution in [0.1, 0.15) is 17.5 Å². The minimum Gasteiger partial charge on any atom is -0.508 e. The first kappa shape index (κ1) is 16.9. The number of nitrogens with one attached hydrogen (secondary N) is 2. The number of fused-ring (bicyclic) bond motifs is 2. The van der Waals surface area contributed by atoms with Crippen molar-refractivity contribution in [2.75, 3.05) is 13.2 Å². The molecule has 1 heterocycles. The Morgan fingerprint density at radius 1 is 1.19 bits per heavy atom. The molecule has 2 atom stereocenters. The van der Waals surface area contributed by atoms with Gasteiger partial charge < -0.3 is 25.3 Å². The van der Waals surface area contributed by atoms with E-state index in [2.05, 4.69) is 10.3 Å². The van der Waals surface area contributed by atoms with Crippen LogP contribution in [0, 0.1) is 0 Å². The molecule has 0 saturated heterocycles. The van der Waals surface area contributed by atoms with Crippen LogP contribution in [0.25, 0.3) is 10.9 Å². The summed E-state index contributed by atoms with van der Waals surface area (Å²) in [4.78, 5) is 3.16. The van der Waals surface area contributed by atoms with Gasteiger partial charge in [-0.1, -0.05) is 12.1 Å². The van der Waals surface area contributed by atoms with Gasteiger partial charge in [-0.3, -0.25) is 0 Å². The Kier molecular flexibility index (Phi) is 4.82. The largest absolute Gasteiger partial charge is 0.508 e. The van der Waals surface area contributed by atoms with Crippen molar-refractivity contribution in [3.63, 3.8) is 0 Å². The highest BCUT2D eigenvalue weighted by Crippen LogP contribution is 2.26. The molecule has 0 aliphatic heterocycles. The fraction of sp³-hybridized carbons (Fsp3) is 0.333. The molecule has 3 aromatic rings. The van der Waals surface area contributed by atoms with Gasteiger partial charge in [0.15, 0.2) is 0 Å². The van der Waals surface area contributed by atoms with E-state index < -0.39 is 6.10 Å². The second kappa shape index (κ2) is 7.40. The second-order valence-corrected chi connectivity index (χ2v) is 6.96. The minimum absolute atomic E-state index is 0.258. The van der Waals surface area contributed by atoms with Crippen LogP contribution in [-0.2, 0) is 12.8 Å². The number of aromatic nitrogens is 1. The molecular weight excluding hydrogens is 328 g/mol. The first-order chi connectivity index (χ1) is 12.7. The number of phenols is 1. The van der Waals surface area contributed by atoms with E-state index in [1.54, 1.807) is 6.07 Å². The average molecular weight is 352 g/mol. The van der Waals surface area contributed by atoms with Crippen LogP contribution in [-0.4, -0.2) is 40.5 Å². The van der Waals surface area contributed by atoms with Crippen LogP contribution in [0.2, 0.25) is 0 Å². The van der Waals surface area contributed by atoms with Gasteiger partial charge >= 0.3 is 0 Å². The Hall–Kier alpha value is -2.50. The van der Waals surface area contributed by atoms with Crippen molar-refractivity contribution < 1.29 is 14.9 Å².